The summed E-state index contributed by atoms with van der Waals surface area (Å²) in [6.07, 6.45) is 3.87. The SMILES string of the molecule is NC1(c2ccc(S(=O)(=O)NC3CC3)cc2)CC1. The van der Waals surface area contributed by atoms with Gasteiger partial charge in [-0.15, -0.1) is 0 Å². The van der Waals surface area contributed by atoms with E-state index in [1.54, 1.807) is 12.1 Å². The molecule has 0 saturated heterocycles. The second kappa shape index (κ2) is 3.54. The van der Waals surface area contributed by atoms with Gasteiger partial charge in [0.2, 0.25) is 10.0 Å². The lowest BCUT2D eigenvalue weighted by molar-refractivity contribution is 0.581. The Hall–Kier alpha value is -0.910. The number of rotatable bonds is 4. The monoisotopic (exact) mass is 252 g/mol. The Morgan fingerprint density at radius 3 is 2.24 bits per heavy atom. The smallest absolute Gasteiger partial charge is 0.240 e. The van der Waals surface area contributed by atoms with E-state index in [-0.39, 0.29) is 11.6 Å². The van der Waals surface area contributed by atoms with Gasteiger partial charge in [-0.25, -0.2) is 13.1 Å². The molecular weight excluding hydrogens is 236 g/mol. The first-order chi connectivity index (χ1) is 8.00. The molecule has 2 aliphatic rings. The fraction of sp³-hybridized carbons (Fsp3) is 0.500. The van der Waals surface area contributed by atoms with E-state index in [9.17, 15) is 8.42 Å². The van der Waals surface area contributed by atoms with Crippen LogP contribution in [0.4, 0.5) is 0 Å². The van der Waals surface area contributed by atoms with Crippen LogP contribution in [-0.2, 0) is 15.6 Å². The Morgan fingerprint density at radius 1 is 1.18 bits per heavy atom. The zero-order chi connectivity index (χ0) is 12.1. The van der Waals surface area contributed by atoms with Gasteiger partial charge in [0.15, 0.2) is 0 Å². The number of hydrogen-bond donors (Lipinski definition) is 2. The zero-order valence-electron chi connectivity index (χ0n) is 9.52. The van der Waals surface area contributed by atoms with Gasteiger partial charge >= 0.3 is 0 Å². The van der Waals surface area contributed by atoms with Crippen molar-refractivity contribution >= 4 is 10.0 Å². The van der Waals surface area contributed by atoms with Crippen LogP contribution in [0.5, 0.6) is 0 Å². The molecule has 0 bridgehead atoms. The first-order valence-corrected chi connectivity index (χ1v) is 7.40. The lowest BCUT2D eigenvalue weighted by Crippen LogP contribution is -2.26. The second-order valence-corrected chi connectivity index (χ2v) is 6.79. The fourth-order valence-electron chi connectivity index (χ4n) is 1.88. The molecule has 2 saturated carbocycles. The van der Waals surface area contributed by atoms with E-state index in [0.29, 0.717) is 4.90 Å². The fourth-order valence-corrected chi connectivity index (χ4v) is 3.18. The molecule has 0 unspecified atom stereocenters. The Labute approximate surface area is 101 Å². The molecule has 0 heterocycles. The number of benzene rings is 1. The Morgan fingerprint density at radius 2 is 1.76 bits per heavy atom. The van der Waals surface area contributed by atoms with E-state index in [4.69, 9.17) is 5.73 Å². The molecule has 2 aliphatic carbocycles. The molecule has 0 radical (unpaired) electrons. The minimum atomic E-state index is -3.33. The molecule has 2 fully saturated rings. The quantitative estimate of drug-likeness (QED) is 0.842. The van der Waals surface area contributed by atoms with Crippen molar-refractivity contribution in [3.05, 3.63) is 29.8 Å². The largest absolute Gasteiger partial charge is 0.321 e. The van der Waals surface area contributed by atoms with E-state index in [0.717, 1.165) is 31.2 Å². The number of nitrogens with two attached hydrogens (primary N) is 1. The summed E-state index contributed by atoms with van der Waals surface area (Å²) in [5.74, 6) is 0. The molecule has 1 aromatic carbocycles. The van der Waals surface area contributed by atoms with Crippen LogP contribution in [-0.4, -0.2) is 14.5 Å². The summed E-state index contributed by atoms with van der Waals surface area (Å²) in [6.45, 7) is 0. The summed E-state index contributed by atoms with van der Waals surface area (Å²) in [4.78, 5) is 0.331. The minimum absolute atomic E-state index is 0.143. The van der Waals surface area contributed by atoms with Crippen LogP contribution in [0.3, 0.4) is 0 Å². The van der Waals surface area contributed by atoms with Gasteiger partial charge in [-0.1, -0.05) is 12.1 Å². The predicted molar refractivity (Wildman–Crippen MR) is 64.9 cm³/mol. The van der Waals surface area contributed by atoms with E-state index in [2.05, 4.69) is 4.72 Å². The van der Waals surface area contributed by atoms with Gasteiger partial charge < -0.3 is 5.73 Å². The maximum atomic E-state index is 11.9. The highest BCUT2D eigenvalue weighted by molar-refractivity contribution is 7.89. The summed E-state index contributed by atoms with van der Waals surface area (Å²) in [5, 5.41) is 0. The number of sulfonamides is 1. The highest BCUT2D eigenvalue weighted by Crippen LogP contribution is 2.42. The van der Waals surface area contributed by atoms with Gasteiger partial charge in [0, 0.05) is 11.6 Å². The van der Waals surface area contributed by atoms with Gasteiger partial charge in [-0.2, -0.15) is 0 Å². The van der Waals surface area contributed by atoms with Crippen molar-refractivity contribution in [2.24, 2.45) is 5.73 Å². The molecule has 17 heavy (non-hydrogen) atoms. The van der Waals surface area contributed by atoms with E-state index >= 15 is 0 Å². The molecule has 0 aromatic heterocycles. The van der Waals surface area contributed by atoms with Crippen molar-refractivity contribution < 1.29 is 8.42 Å². The van der Waals surface area contributed by atoms with Crippen molar-refractivity contribution in [3.8, 4) is 0 Å². The second-order valence-electron chi connectivity index (χ2n) is 5.08. The summed E-state index contributed by atoms with van der Waals surface area (Å²) in [7, 11) is -3.33. The number of nitrogens with one attached hydrogen (secondary N) is 1. The topological polar surface area (TPSA) is 72.2 Å². The van der Waals surface area contributed by atoms with Crippen LogP contribution < -0.4 is 10.5 Å². The molecule has 5 heteroatoms. The van der Waals surface area contributed by atoms with Crippen molar-refractivity contribution in [1.82, 2.24) is 4.72 Å². The van der Waals surface area contributed by atoms with Crippen molar-refractivity contribution in [3.63, 3.8) is 0 Å². The van der Waals surface area contributed by atoms with Crippen molar-refractivity contribution in [2.45, 2.75) is 42.2 Å². The lowest BCUT2D eigenvalue weighted by Gasteiger charge is -2.10. The molecule has 3 rings (SSSR count). The molecule has 4 nitrogen and oxygen atoms in total. The Bertz CT molecular complexity index is 528. The van der Waals surface area contributed by atoms with Crippen LogP contribution in [0.25, 0.3) is 0 Å². The Balaban J connectivity index is 1.83. The lowest BCUT2D eigenvalue weighted by atomic mass is 10.1. The van der Waals surface area contributed by atoms with Crippen LogP contribution in [0.15, 0.2) is 29.2 Å². The highest BCUT2D eigenvalue weighted by Gasteiger charge is 2.40. The standard InChI is InChI=1S/C12H16N2O2S/c13-12(7-8-12)9-1-5-11(6-2-9)17(15,16)14-10-3-4-10/h1-2,5-6,10,14H,3-4,7-8,13H2. The van der Waals surface area contributed by atoms with Gasteiger partial charge in [-0.3, -0.25) is 0 Å². The summed E-state index contributed by atoms with van der Waals surface area (Å²) >= 11 is 0. The van der Waals surface area contributed by atoms with E-state index in [1.807, 2.05) is 12.1 Å². The van der Waals surface area contributed by atoms with Crippen molar-refractivity contribution in [1.29, 1.82) is 0 Å². The van der Waals surface area contributed by atoms with Gasteiger partial charge in [0.1, 0.15) is 0 Å². The third-order valence-corrected chi connectivity index (χ3v) is 4.96. The summed E-state index contributed by atoms with van der Waals surface area (Å²) in [5.41, 5.74) is 6.88. The Kier molecular flexibility index (Phi) is 2.33. The first kappa shape index (κ1) is 11.2. The highest BCUT2D eigenvalue weighted by atomic mass is 32.2. The van der Waals surface area contributed by atoms with Gasteiger partial charge in [0.05, 0.1) is 4.90 Å². The third kappa shape index (κ3) is 2.22. The first-order valence-electron chi connectivity index (χ1n) is 5.91. The van der Waals surface area contributed by atoms with Gasteiger partial charge in [0.25, 0.3) is 0 Å². The van der Waals surface area contributed by atoms with E-state index < -0.39 is 10.0 Å². The molecule has 0 atom stereocenters. The molecule has 0 amide bonds. The average Bonchev–Trinajstić information content (AvgIpc) is 3.18. The number of hydrogen-bond acceptors (Lipinski definition) is 3. The molecule has 0 spiro atoms. The maximum absolute atomic E-state index is 11.9. The van der Waals surface area contributed by atoms with Crippen LogP contribution >= 0.6 is 0 Å². The molecule has 0 aliphatic heterocycles. The molecular formula is C12H16N2O2S. The van der Waals surface area contributed by atoms with Crippen LogP contribution in [0.2, 0.25) is 0 Å². The van der Waals surface area contributed by atoms with Gasteiger partial charge in [-0.05, 0) is 43.4 Å². The zero-order valence-corrected chi connectivity index (χ0v) is 10.3. The third-order valence-electron chi connectivity index (χ3n) is 3.43. The minimum Gasteiger partial charge on any atom is -0.321 e. The molecule has 3 N–H and O–H groups in total. The average molecular weight is 252 g/mol. The molecule has 92 valence electrons. The maximum Gasteiger partial charge on any atom is 0.240 e. The predicted octanol–water partition coefficient (Wildman–Crippen LogP) is 1.08. The van der Waals surface area contributed by atoms with E-state index in [1.165, 1.54) is 0 Å². The van der Waals surface area contributed by atoms with Crippen LogP contribution in [0, 0.1) is 0 Å². The molecule has 1 aromatic rings. The summed E-state index contributed by atoms with van der Waals surface area (Å²) < 4.78 is 26.5. The normalized spacial score (nSPS) is 22.4. The van der Waals surface area contributed by atoms with Crippen molar-refractivity contribution in [2.75, 3.05) is 0 Å². The summed E-state index contributed by atoms with van der Waals surface area (Å²) in [6, 6.07) is 7.09. The van der Waals surface area contributed by atoms with Crippen LogP contribution in [0.1, 0.15) is 31.2 Å².